The van der Waals surface area contributed by atoms with Gasteiger partial charge in [0.25, 0.3) is 0 Å². The monoisotopic (exact) mass is 264 g/mol. The Morgan fingerprint density at radius 2 is 2.16 bits per heavy atom. The Kier molecular flexibility index (Phi) is 4.94. The Labute approximate surface area is 115 Å². The minimum atomic E-state index is -0.201. The van der Waals surface area contributed by atoms with Crippen LogP contribution in [0, 0.1) is 11.7 Å². The zero-order chi connectivity index (χ0) is 13.8. The van der Waals surface area contributed by atoms with Gasteiger partial charge in [-0.3, -0.25) is 0 Å². The second-order valence-electron chi connectivity index (χ2n) is 5.98. The number of rotatable bonds is 4. The average Bonchev–Trinajstić information content (AvgIpc) is 2.39. The molecule has 2 N–H and O–H groups in total. The highest BCUT2D eigenvalue weighted by Gasteiger charge is 2.23. The molecule has 1 saturated heterocycles. The molecule has 0 amide bonds. The van der Waals surface area contributed by atoms with Gasteiger partial charge in [0.1, 0.15) is 5.82 Å². The molecule has 1 fully saturated rings. The third-order valence-corrected chi connectivity index (χ3v) is 4.25. The summed E-state index contributed by atoms with van der Waals surface area (Å²) in [6.45, 7) is 6.77. The highest BCUT2D eigenvalue weighted by Crippen LogP contribution is 2.23. The largest absolute Gasteiger partial charge is 0.324 e. The Bertz CT molecular complexity index is 407. The summed E-state index contributed by atoms with van der Waals surface area (Å²) in [7, 11) is 0. The molecule has 3 atom stereocenters. The van der Waals surface area contributed by atoms with Crippen LogP contribution in [0.25, 0.3) is 0 Å². The molecule has 0 bridgehead atoms. The normalized spacial score (nSPS) is 26.3. The molecule has 0 spiro atoms. The first-order chi connectivity index (χ1) is 9.06. The van der Waals surface area contributed by atoms with E-state index in [1.165, 1.54) is 18.9 Å². The summed E-state index contributed by atoms with van der Waals surface area (Å²) < 4.78 is 13.2. The van der Waals surface area contributed by atoms with E-state index < -0.39 is 0 Å². The van der Waals surface area contributed by atoms with Gasteiger partial charge < -0.3 is 10.6 Å². The van der Waals surface area contributed by atoms with Crippen molar-refractivity contribution in [2.24, 2.45) is 11.7 Å². The molecular weight excluding hydrogens is 239 g/mol. The van der Waals surface area contributed by atoms with Crippen LogP contribution in [0.15, 0.2) is 24.3 Å². The van der Waals surface area contributed by atoms with Gasteiger partial charge in [0, 0.05) is 25.2 Å². The number of hydrogen-bond acceptors (Lipinski definition) is 2. The fourth-order valence-electron chi connectivity index (χ4n) is 2.90. The van der Waals surface area contributed by atoms with Crippen molar-refractivity contribution < 1.29 is 4.39 Å². The third kappa shape index (κ3) is 4.02. The van der Waals surface area contributed by atoms with Gasteiger partial charge in [-0.05, 0) is 49.8 Å². The van der Waals surface area contributed by atoms with Gasteiger partial charge >= 0.3 is 0 Å². The fourth-order valence-corrected chi connectivity index (χ4v) is 2.90. The number of halogens is 1. The quantitative estimate of drug-likeness (QED) is 0.903. The van der Waals surface area contributed by atoms with Crippen LogP contribution in [0.4, 0.5) is 4.39 Å². The molecule has 1 aromatic carbocycles. The van der Waals surface area contributed by atoms with Gasteiger partial charge in [0.15, 0.2) is 0 Å². The Hall–Kier alpha value is -0.930. The van der Waals surface area contributed by atoms with Gasteiger partial charge in [0.05, 0.1) is 0 Å². The third-order valence-electron chi connectivity index (χ3n) is 4.25. The van der Waals surface area contributed by atoms with E-state index in [-0.39, 0.29) is 11.9 Å². The SMILES string of the molecule is CC1CCC(C)N(CCC(N)c2cccc(F)c2)C1. The Balaban J connectivity index is 1.87. The van der Waals surface area contributed by atoms with E-state index in [0.717, 1.165) is 31.0 Å². The molecule has 2 nitrogen and oxygen atoms in total. The van der Waals surface area contributed by atoms with E-state index in [1.807, 2.05) is 6.07 Å². The summed E-state index contributed by atoms with van der Waals surface area (Å²) >= 11 is 0. The lowest BCUT2D eigenvalue weighted by Crippen LogP contribution is -2.42. The smallest absolute Gasteiger partial charge is 0.123 e. The molecule has 2 rings (SSSR count). The summed E-state index contributed by atoms with van der Waals surface area (Å²) in [5.74, 6) is 0.578. The van der Waals surface area contributed by atoms with Crippen molar-refractivity contribution in [2.75, 3.05) is 13.1 Å². The van der Waals surface area contributed by atoms with Crippen molar-refractivity contribution in [3.05, 3.63) is 35.6 Å². The van der Waals surface area contributed by atoms with Gasteiger partial charge in [-0.15, -0.1) is 0 Å². The van der Waals surface area contributed by atoms with E-state index in [2.05, 4.69) is 18.7 Å². The molecule has 0 aromatic heterocycles. The van der Waals surface area contributed by atoms with Crippen LogP contribution < -0.4 is 5.73 Å². The van der Waals surface area contributed by atoms with Crippen molar-refractivity contribution in [2.45, 2.75) is 45.2 Å². The van der Waals surface area contributed by atoms with E-state index >= 15 is 0 Å². The predicted molar refractivity (Wildman–Crippen MR) is 77.4 cm³/mol. The van der Waals surface area contributed by atoms with Gasteiger partial charge in [-0.25, -0.2) is 4.39 Å². The van der Waals surface area contributed by atoms with Crippen LogP contribution in [-0.2, 0) is 0 Å². The Morgan fingerprint density at radius 3 is 2.89 bits per heavy atom. The van der Waals surface area contributed by atoms with Gasteiger partial charge in [-0.2, -0.15) is 0 Å². The summed E-state index contributed by atoms with van der Waals surface area (Å²) in [6, 6.07) is 7.24. The van der Waals surface area contributed by atoms with Crippen molar-refractivity contribution in [1.82, 2.24) is 4.90 Å². The Morgan fingerprint density at radius 1 is 1.37 bits per heavy atom. The first kappa shape index (κ1) is 14.5. The fraction of sp³-hybridized carbons (Fsp3) is 0.625. The number of nitrogens with two attached hydrogens (primary N) is 1. The summed E-state index contributed by atoms with van der Waals surface area (Å²) in [6.07, 6.45) is 3.49. The van der Waals surface area contributed by atoms with Gasteiger partial charge in [-0.1, -0.05) is 19.1 Å². The van der Waals surface area contributed by atoms with Crippen LogP contribution in [0.1, 0.15) is 44.7 Å². The maximum Gasteiger partial charge on any atom is 0.123 e. The number of benzene rings is 1. The number of piperidine rings is 1. The molecule has 106 valence electrons. The van der Waals surface area contributed by atoms with Crippen molar-refractivity contribution in [3.8, 4) is 0 Å². The van der Waals surface area contributed by atoms with E-state index in [1.54, 1.807) is 12.1 Å². The molecule has 3 unspecified atom stereocenters. The molecule has 3 heteroatoms. The molecular formula is C16H25FN2. The molecule has 0 saturated carbocycles. The van der Waals surface area contributed by atoms with Crippen LogP contribution >= 0.6 is 0 Å². The van der Waals surface area contributed by atoms with E-state index in [0.29, 0.717) is 6.04 Å². The molecule has 1 aliphatic heterocycles. The average molecular weight is 264 g/mol. The van der Waals surface area contributed by atoms with Crippen molar-refractivity contribution >= 4 is 0 Å². The van der Waals surface area contributed by atoms with Crippen LogP contribution in [0.5, 0.6) is 0 Å². The zero-order valence-corrected chi connectivity index (χ0v) is 12.0. The van der Waals surface area contributed by atoms with Crippen LogP contribution in [-0.4, -0.2) is 24.0 Å². The summed E-state index contributed by atoms with van der Waals surface area (Å²) in [5.41, 5.74) is 7.07. The lowest BCUT2D eigenvalue weighted by molar-refractivity contribution is 0.121. The molecule has 1 aliphatic rings. The summed E-state index contributed by atoms with van der Waals surface area (Å²) in [5, 5.41) is 0. The molecule has 0 radical (unpaired) electrons. The highest BCUT2D eigenvalue weighted by atomic mass is 19.1. The first-order valence-electron chi connectivity index (χ1n) is 7.31. The standard InChI is InChI=1S/C16H25FN2/c1-12-6-7-13(2)19(11-12)9-8-16(18)14-4-3-5-15(17)10-14/h3-5,10,12-13,16H,6-9,11,18H2,1-2H3. The second kappa shape index (κ2) is 6.49. The number of likely N-dealkylation sites (tertiary alicyclic amines) is 1. The van der Waals surface area contributed by atoms with Crippen molar-refractivity contribution in [1.29, 1.82) is 0 Å². The zero-order valence-electron chi connectivity index (χ0n) is 12.0. The van der Waals surface area contributed by atoms with E-state index in [9.17, 15) is 4.39 Å². The topological polar surface area (TPSA) is 29.3 Å². The maximum atomic E-state index is 13.2. The summed E-state index contributed by atoms with van der Waals surface area (Å²) in [4.78, 5) is 2.52. The lowest BCUT2D eigenvalue weighted by Gasteiger charge is -2.37. The van der Waals surface area contributed by atoms with E-state index in [4.69, 9.17) is 5.73 Å². The first-order valence-corrected chi connectivity index (χ1v) is 7.31. The molecule has 1 aromatic rings. The number of nitrogens with zero attached hydrogens (tertiary/aromatic N) is 1. The lowest BCUT2D eigenvalue weighted by atomic mass is 9.94. The van der Waals surface area contributed by atoms with Gasteiger partial charge in [0.2, 0.25) is 0 Å². The second-order valence-corrected chi connectivity index (χ2v) is 5.98. The molecule has 1 heterocycles. The molecule has 19 heavy (non-hydrogen) atoms. The van der Waals surface area contributed by atoms with Crippen LogP contribution in [0.3, 0.4) is 0 Å². The minimum absolute atomic E-state index is 0.0693. The minimum Gasteiger partial charge on any atom is -0.324 e. The number of hydrogen-bond donors (Lipinski definition) is 1. The van der Waals surface area contributed by atoms with Crippen molar-refractivity contribution in [3.63, 3.8) is 0 Å². The maximum absolute atomic E-state index is 13.2. The predicted octanol–water partition coefficient (Wildman–Crippen LogP) is 3.34. The van der Waals surface area contributed by atoms with Crippen LogP contribution in [0.2, 0.25) is 0 Å². The highest BCUT2D eigenvalue weighted by molar-refractivity contribution is 5.19. The molecule has 0 aliphatic carbocycles.